The van der Waals surface area contributed by atoms with Crippen molar-refractivity contribution in [2.24, 2.45) is 0 Å². The fraction of sp³-hybridized carbons (Fsp3) is 0.250. The second-order valence-electron chi connectivity index (χ2n) is 5.27. The van der Waals surface area contributed by atoms with Crippen molar-refractivity contribution < 1.29 is 14.1 Å². The number of thioether (sulfide) groups is 1. The van der Waals surface area contributed by atoms with Gasteiger partial charge >= 0.3 is 0 Å². The second-order valence-corrected chi connectivity index (χ2v) is 6.58. The van der Waals surface area contributed by atoms with Gasteiger partial charge in [0.15, 0.2) is 11.6 Å². The molecule has 0 saturated heterocycles. The van der Waals surface area contributed by atoms with Crippen LogP contribution in [0.25, 0.3) is 11.4 Å². The van der Waals surface area contributed by atoms with Crippen molar-refractivity contribution in [1.29, 1.82) is 0 Å². The van der Waals surface area contributed by atoms with Gasteiger partial charge in [-0.05, 0) is 38.1 Å². The number of rotatable bonds is 6. The first-order chi connectivity index (χ1) is 12.0. The maximum Gasteiger partial charge on any atom is 0.238 e. The maximum atomic E-state index is 12.2. The molecule has 130 valence electrons. The van der Waals surface area contributed by atoms with Crippen molar-refractivity contribution in [3.63, 3.8) is 0 Å². The van der Waals surface area contributed by atoms with E-state index in [2.05, 4.69) is 25.7 Å². The van der Waals surface area contributed by atoms with Gasteiger partial charge in [0, 0.05) is 11.6 Å². The smallest absolute Gasteiger partial charge is 0.238 e. The van der Waals surface area contributed by atoms with E-state index < -0.39 is 5.25 Å². The van der Waals surface area contributed by atoms with E-state index in [0.29, 0.717) is 22.6 Å². The van der Waals surface area contributed by atoms with Crippen LogP contribution in [0.5, 0.6) is 5.75 Å². The SMILES string of the molecule is COc1ccc(-c2nc(S[C@H](C)C(=O)Nc3cc(C)on3)n[nH]2)cc1. The molecule has 0 fully saturated rings. The standard InChI is InChI=1S/C16H17N5O3S/c1-9-8-13(21-24-9)17-15(22)10(2)25-16-18-14(19-20-16)11-4-6-12(23-3)7-5-11/h4-8,10H,1-3H3,(H,17,21,22)(H,18,19,20)/t10-/m1/s1. The van der Waals surface area contributed by atoms with Gasteiger partial charge in [-0.15, -0.1) is 5.10 Å². The van der Waals surface area contributed by atoms with Crippen LogP contribution in [0.15, 0.2) is 40.0 Å². The largest absolute Gasteiger partial charge is 0.497 e. The number of amides is 1. The number of carbonyl (C=O) groups excluding carboxylic acids is 1. The molecule has 0 aliphatic carbocycles. The summed E-state index contributed by atoms with van der Waals surface area (Å²) in [7, 11) is 1.62. The number of carbonyl (C=O) groups is 1. The summed E-state index contributed by atoms with van der Waals surface area (Å²) in [6.07, 6.45) is 0. The first-order valence-electron chi connectivity index (χ1n) is 7.53. The van der Waals surface area contributed by atoms with Crippen molar-refractivity contribution in [3.05, 3.63) is 36.1 Å². The maximum absolute atomic E-state index is 12.2. The molecule has 2 heterocycles. The molecule has 25 heavy (non-hydrogen) atoms. The predicted octanol–water partition coefficient (Wildman–Crippen LogP) is 2.90. The Kier molecular flexibility index (Phi) is 5.03. The minimum absolute atomic E-state index is 0.200. The van der Waals surface area contributed by atoms with Crippen LogP contribution in [0.3, 0.4) is 0 Å². The van der Waals surface area contributed by atoms with E-state index >= 15 is 0 Å². The molecular weight excluding hydrogens is 342 g/mol. The average Bonchev–Trinajstić information content (AvgIpc) is 3.24. The highest BCUT2D eigenvalue weighted by atomic mass is 32.2. The number of methoxy groups -OCH3 is 1. The lowest BCUT2D eigenvalue weighted by molar-refractivity contribution is -0.115. The van der Waals surface area contributed by atoms with Crippen molar-refractivity contribution >= 4 is 23.5 Å². The molecule has 0 spiro atoms. The van der Waals surface area contributed by atoms with Crippen LogP contribution >= 0.6 is 11.8 Å². The molecule has 0 aliphatic rings. The molecule has 2 aromatic heterocycles. The summed E-state index contributed by atoms with van der Waals surface area (Å²) >= 11 is 1.25. The highest BCUT2D eigenvalue weighted by Crippen LogP contribution is 2.24. The molecule has 1 atom stereocenters. The van der Waals surface area contributed by atoms with Crippen LogP contribution in [-0.4, -0.2) is 38.6 Å². The van der Waals surface area contributed by atoms with E-state index in [0.717, 1.165) is 11.3 Å². The van der Waals surface area contributed by atoms with Crippen LogP contribution in [0.2, 0.25) is 0 Å². The lowest BCUT2D eigenvalue weighted by Gasteiger charge is -2.07. The number of benzene rings is 1. The molecule has 3 rings (SSSR count). The summed E-state index contributed by atoms with van der Waals surface area (Å²) in [5, 5.41) is 13.6. The van der Waals surface area contributed by atoms with Crippen LogP contribution in [-0.2, 0) is 4.79 Å². The Hall–Kier alpha value is -2.81. The van der Waals surface area contributed by atoms with Gasteiger partial charge in [0.05, 0.1) is 12.4 Å². The summed E-state index contributed by atoms with van der Waals surface area (Å²) in [6.45, 7) is 3.53. The zero-order valence-electron chi connectivity index (χ0n) is 13.9. The van der Waals surface area contributed by atoms with Gasteiger partial charge < -0.3 is 14.6 Å². The normalized spacial score (nSPS) is 12.0. The number of anilines is 1. The van der Waals surface area contributed by atoms with E-state index in [1.54, 1.807) is 27.0 Å². The summed E-state index contributed by atoms with van der Waals surface area (Å²) in [5.74, 6) is 2.22. The number of nitrogens with one attached hydrogen (secondary N) is 2. The highest BCUT2D eigenvalue weighted by molar-refractivity contribution is 8.00. The number of hydrogen-bond donors (Lipinski definition) is 2. The van der Waals surface area contributed by atoms with Crippen molar-refractivity contribution in [1.82, 2.24) is 20.3 Å². The molecule has 0 radical (unpaired) electrons. The molecule has 0 unspecified atom stereocenters. The lowest BCUT2D eigenvalue weighted by atomic mass is 10.2. The first kappa shape index (κ1) is 17.0. The average molecular weight is 359 g/mol. The fourth-order valence-electron chi connectivity index (χ4n) is 2.04. The Labute approximate surface area is 148 Å². The minimum Gasteiger partial charge on any atom is -0.497 e. The molecule has 0 bridgehead atoms. The van der Waals surface area contributed by atoms with E-state index in [4.69, 9.17) is 9.26 Å². The summed E-state index contributed by atoms with van der Waals surface area (Å²) < 4.78 is 10.1. The van der Waals surface area contributed by atoms with Gasteiger partial charge in [-0.25, -0.2) is 4.98 Å². The molecular formula is C16H17N5O3S. The summed E-state index contributed by atoms with van der Waals surface area (Å²) in [4.78, 5) is 16.6. The Bertz CT molecular complexity index is 859. The van der Waals surface area contributed by atoms with E-state index in [1.165, 1.54) is 11.8 Å². The topological polar surface area (TPSA) is 106 Å². The molecule has 0 aliphatic heterocycles. The van der Waals surface area contributed by atoms with E-state index in [-0.39, 0.29) is 5.91 Å². The van der Waals surface area contributed by atoms with Crippen LogP contribution in [0, 0.1) is 6.92 Å². The molecule has 9 heteroatoms. The van der Waals surface area contributed by atoms with Gasteiger partial charge in [0.2, 0.25) is 11.1 Å². The predicted molar refractivity (Wildman–Crippen MR) is 93.6 cm³/mol. The zero-order chi connectivity index (χ0) is 17.8. The van der Waals surface area contributed by atoms with Gasteiger partial charge in [-0.2, -0.15) is 0 Å². The van der Waals surface area contributed by atoms with E-state index in [1.807, 2.05) is 24.3 Å². The summed E-state index contributed by atoms with van der Waals surface area (Å²) in [6, 6.07) is 9.12. The van der Waals surface area contributed by atoms with Gasteiger partial charge in [-0.1, -0.05) is 16.9 Å². The molecule has 0 saturated carbocycles. The Morgan fingerprint density at radius 2 is 2.12 bits per heavy atom. The third-order valence-corrected chi connectivity index (χ3v) is 4.32. The van der Waals surface area contributed by atoms with E-state index in [9.17, 15) is 4.79 Å². The van der Waals surface area contributed by atoms with Crippen molar-refractivity contribution in [2.45, 2.75) is 24.3 Å². The number of aromatic nitrogens is 4. The quantitative estimate of drug-likeness (QED) is 0.652. The molecule has 1 aromatic carbocycles. The van der Waals surface area contributed by atoms with Crippen LogP contribution in [0.1, 0.15) is 12.7 Å². The lowest BCUT2D eigenvalue weighted by Crippen LogP contribution is -2.22. The number of ether oxygens (including phenoxy) is 1. The van der Waals surface area contributed by atoms with Gasteiger partial charge in [-0.3, -0.25) is 9.89 Å². The molecule has 8 nitrogen and oxygen atoms in total. The third-order valence-electron chi connectivity index (χ3n) is 3.36. The Balaban J connectivity index is 1.62. The fourth-order valence-corrected chi connectivity index (χ4v) is 2.77. The third kappa shape index (κ3) is 4.18. The van der Waals surface area contributed by atoms with Crippen LogP contribution in [0.4, 0.5) is 5.82 Å². The number of nitrogens with zero attached hydrogens (tertiary/aromatic N) is 3. The summed E-state index contributed by atoms with van der Waals surface area (Å²) in [5.41, 5.74) is 0.885. The number of aromatic amines is 1. The number of aryl methyl sites for hydroxylation is 1. The van der Waals surface area contributed by atoms with Gasteiger partial charge in [0.25, 0.3) is 0 Å². The van der Waals surface area contributed by atoms with Crippen molar-refractivity contribution in [3.8, 4) is 17.1 Å². The zero-order valence-corrected chi connectivity index (χ0v) is 14.8. The second kappa shape index (κ2) is 7.39. The number of H-pyrrole nitrogens is 1. The molecule has 3 aromatic rings. The minimum atomic E-state index is -0.392. The Morgan fingerprint density at radius 3 is 2.76 bits per heavy atom. The van der Waals surface area contributed by atoms with Gasteiger partial charge in [0.1, 0.15) is 11.5 Å². The molecule has 2 N–H and O–H groups in total. The highest BCUT2D eigenvalue weighted by Gasteiger charge is 2.18. The van der Waals surface area contributed by atoms with Crippen LogP contribution < -0.4 is 10.1 Å². The Morgan fingerprint density at radius 1 is 1.36 bits per heavy atom. The first-order valence-corrected chi connectivity index (χ1v) is 8.41. The van der Waals surface area contributed by atoms with Crippen molar-refractivity contribution in [2.75, 3.05) is 12.4 Å². The number of hydrogen-bond acceptors (Lipinski definition) is 7. The molecule has 1 amide bonds. The monoisotopic (exact) mass is 359 g/mol.